The topological polar surface area (TPSA) is 98.9 Å². The lowest BCUT2D eigenvalue weighted by Crippen LogP contribution is -2.41. The first-order valence-electron chi connectivity index (χ1n) is 8.50. The number of nitrogens with two attached hydrogens (primary N) is 1. The summed E-state index contributed by atoms with van der Waals surface area (Å²) in [5.41, 5.74) is 6.71. The standard InChI is InChI=1S/C18H22N2O5/c1-11-9-15(18(23)24-11)25-17(22)12-4-6-14(7-5-12)20-8-2-3-13(10-20)16(19)21/h4-7,11,13,15H,2-3,8-10H2,1H3,(H2,19,21)/t11-,13-,15+/m1/s1. The number of cyclic esters (lactones) is 1. The highest BCUT2D eigenvalue weighted by Crippen LogP contribution is 2.24. The molecule has 2 heterocycles. The predicted octanol–water partition coefficient (Wildman–Crippen LogP) is 1.25. The Bertz CT molecular complexity index is 673. The van der Waals surface area contributed by atoms with Gasteiger partial charge in [-0.3, -0.25) is 4.79 Å². The number of benzene rings is 1. The molecule has 0 radical (unpaired) electrons. The Morgan fingerprint density at radius 3 is 2.60 bits per heavy atom. The van der Waals surface area contributed by atoms with Crippen molar-refractivity contribution in [2.24, 2.45) is 11.7 Å². The quantitative estimate of drug-likeness (QED) is 0.824. The van der Waals surface area contributed by atoms with Gasteiger partial charge in [-0.15, -0.1) is 0 Å². The number of ether oxygens (including phenoxy) is 2. The Morgan fingerprint density at radius 2 is 2.00 bits per heavy atom. The summed E-state index contributed by atoms with van der Waals surface area (Å²) in [7, 11) is 0. The molecule has 2 aliphatic heterocycles. The maximum Gasteiger partial charge on any atom is 0.347 e. The normalized spacial score (nSPS) is 26.2. The van der Waals surface area contributed by atoms with Gasteiger partial charge in [0.05, 0.1) is 11.5 Å². The fourth-order valence-electron chi connectivity index (χ4n) is 3.27. The number of carbonyl (C=O) groups excluding carboxylic acids is 3. The summed E-state index contributed by atoms with van der Waals surface area (Å²) < 4.78 is 10.2. The number of esters is 2. The predicted molar refractivity (Wildman–Crippen MR) is 89.9 cm³/mol. The van der Waals surface area contributed by atoms with E-state index in [9.17, 15) is 14.4 Å². The molecule has 2 aliphatic rings. The molecular weight excluding hydrogens is 324 g/mol. The number of anilines is 1. The first-order chi connectivity index (χ1) is 11.9. The minimum atomic E-state index is -0.833. The molecule has 0 saturated carbocycles. The number of nitrogens with zero attached hydrogens (tertiary/aromatic N) is 1. The molecule has 1 aromatic rings. The maximum absolute atomic E-state index is 12.2. The number of carbonyl (C=O) groups is 3. The van der Waals surface area contributed by atoms with Crippen molar-refractivity contribution in [2.45, 2.75) is 38.4 Å². The summed E-state index contributed by atoms with van der Waals surface area (Å²) in [6.45, 7) is 3.20. The highest BCUT2D eigenvalue weighted by Gasteiger charge is 2.35. The summed E-state index contributed by atoms with van der Waals surface area (Å²) in [5.74, 6) is -1.46. The van der Waals surface area contributed by atoms with E-state index in [2.05, 4.69) is 4.90 Å². The van der Waals surface area contributed by atoms with Crippen LogP contribution in [-0.2, 0) is 19.1 Å². The molecule has 25 heavy (non-hydrogen) atoms. The van der Waals surface area contributed by atoms with Gasteiger partial charge in [0.25, 0.3) is 0 Å². The van der Waals surface area contributed by atoms with Crippen LogP contribution in [0.1, 0.15) is 36.5 Å². The van der Waals surface area contributed by atoms with Gasteiger partial charge in [0.15, 0.2) is 0 Å². The number of hydrogen-bond acceptors (Lipinski definition) is 6. The molecule has 2 N–H and O–H groups in total. The number of primary amides is 1. The van der Waals surface area contributed by atoms with Gasteiger partial charge >= 0.3 is 11.9 Å². The number of hydrogen-bond donors (Lipinski definition) is 1. The van der Waals surface area contributed by atoms with Crippen LogP contribution in [0, 0.1) is 5.92 Å². The van der Waals surface area contributed by atoms with Gasteiger partial charge < -0.3 is 20.1 Å². The zero-order chi connectivity index (χ0) is 18.0. The monoisotopic (exact) mass is 346 g/mol. The Balaban J connectivity index is 1.63. The average Bonchev–Trinajstić information content (AvgIpc) is 2.92. The van der Waals surface area contributed by atoms with Crippen LogP contribution in [0.2, 0.25) is 0 Å². The van der Waals surface area contributed by atoms with Gasteiger partial charge in [-0.05, 0) is 44.0 Å². The van der Waals surface area contributed by atoms with Crippen molar-refractivity contribution in [2.75, 3.05) is 18.0 Å². The minimum absolute atomic E-state index is 0.145. The fraction of sp³-hybridized carbons (Fsp3) is 0.500. The smallest absolute Gasteiger partial charge is 0.347 e. The molecule has 2 saturated heterocycles. The highest BCUT2D eigenvalue weighted by molar-refractivity contribution is 5.92. The summed E-state index contributed by atoms with van der Waals surface area (Å²) in [5, 5.41) is 0. The van der Waals surface area contributed by atoms with E-state index in [0.717, 1.165) is 25.1 Å². The summed E-state index contributed by atoms with van der Waals surface area (Å²) in [6, 6.07) is 6.95. The van der Waals surface area contributed by atoms with E-state index >= 15 is 0 Å². The van der Waals surface area contributed by atoms with E-state index in [1.165, 1.54) is 0 Å². The van der Waals surface area contributed by atoms with Crippen molar-refractivity contribution >= 4 is 23.5 Å². The van der Waals surface area contributed by atoms with Crippen molar-refractivity contribution in [3.63, 3.8) is 0 Å². The molecule has 7 nitrogen and oxygen atoms in total. The Hall–Kier alpha value is -2.57. The van der Waals surface area contributed by atoms with E-state index in [1.54, 1.807) is 19.1 Å². The maximum atomic E-state index is 12.2. The third-order valence-corrected chi connectivity index (χ3v) is 4.67. The van der Waals surface area contributed by atoms with Gasteiger partial charge in [0, 0.05) is 25.2 Å². The molecule has 0 aliphatic carbocycles. The van der Waals surface area contributed by atoms with Crippen molar-refractivity contribution in [1.82, 2.24) is 0 Å². The molecule has 0 bridgehead atoms. The molecule has 3 rings (SSSR count). The van der Waals surface area contributed by atoms with Crippen molar-refractivity contribution in [3.8, 4) is 0 Å². The van der Waals surface area contributed by atoms with E-state index < -0.39 is 18.0 Å². The van der Waals surface area contributed by atoms with Crippen LogP contribution in [-0.4, -0.2) is 43.1 Å². The number of rotatable bonds is 4. The Morgan fingerprint density at radius 1 is 1.28 bits per heavy atom. The zero-order valence-electron chi connectivity index (χ0n) is 14.1. The van der Waals surface area contributed by atoms with Gasteiger partial charge in [-0.25, -0.2) is 9.59 Å². The van der Waals surface area contributed by atoms with Crippen molar-refractivity contribution < 1.29 is 23.9 Å². The highest BCUT2D eigenvalue weighted by atomic mass is 16.6. The SMILES string of the molecule is C[C@@H]1C[C@H](OC(=O)c2ccc(N3CCC[C@@H](C(N)=O)C3)cc2)C(=O)O1. The second-order valence-corrected chi connectivity index (χ2v) is 6.61. The van der Waals surface area contributed by atoms with E-state index in [-0.39, 0.29) is 17.9 Å². The molecule has 2 fully saturated rings. The van der Waals surface area contributed by atoms with Gasteiger partial charge in [-0.2, -0.15) is 0 Å². The minimum Gasteiger partial charge on any atom is -0.460 e. The molecule has 1 amide bonds. The Kier molecular flexibility index (Phi) is 4.92. The van der Waals surface area contributed by atoms with E-state index in [4.69, 9.17) is 15.2 Å². The van der Waals surface area contributed by atoms with Crippen LogP contribution in [0.5, 0.6) is 0 Å². The van der Waals surface area contributed by atoms with Crippen LogP contribution in [0.3, 0.4) is 0 Å². The van der Waals surface area contributed by atoms with Gasteiger partial charge in [-0.1, -0.05) is 0 Å². The lowest BCUT2D eigenvalue weighted by atomic mass is 9.97. The second kappa shape index (κ2) is 7.13. The molecule has 1 aromatic carbocycles. The third-order valence-electron chi connectivity index (χ3n) is 4.67. The molecule has 0 spiro atoms. The van der Waals surface area contributed by atoms with Crippen LogP contribution in [0.4, 0.5) is 5.69 Å². The molecular formula is C18H22N2O5. The lowest BCUT2D eigenvalue weighted by molar-refractivity contribution is -0.147. The fourth-order valence-corrected chi connectivity index (χ4v) is 3.27. The molecule has 134 valence electrons. The average molecular weight is 346 g/mol. The molecule has 0 unspecified atom stereocenters. The van der Waals surface area contributed by atoms with Crippen LogP contribution < -0.4 is 10.6 Å². The third kappa shape index (κ3) is 3.92. The first kappa shape index (κ1) is 17.3. The van der Waals surface area contributed by atoms with Crippen LogP contribution in [0.25, 0.3) is 0 Å². The van der Waals surface area contributed by atoms with Crippen molar-refractivity contribution in [1.29, 1.82) is 0 Å². The number of piperidine rings is 1. The number of amides is 1. The largest absolute Gasteiger partial charge is 0.460 e. The summed E-state index contributed by atoms with van der Waals surface area (Å²) >= 11 is 0. The molecule has 0 aromatic heterocycles. The molecule has 7 heteroatoms. The van der Waals surface area contributed by atoms with Gasteiger partial charge in [0.2, 0.25) is 12.0 Å². The van der Waals surface area contributed by atoms with Crippen molar-refractivity contribution in [3.05, 3.63) is 29.8 Å². The van der Waals surface area contributed by atoms with Crippen LogP contribution >= 0.6 is 0 Å². The second-order valence-electron chi connectivity index (χ2n) is 6.61. The lowest BCUT2D eigenvalue weighted by Gasteiger charge is -2.33. The first-order valence-corrected chi connectivity index (χ1v) is 8.50. The summed E-state index contributed by atoms with van der Waals surface area (Å²) in [4.78, 5) is 37.2. The zero-order valence-corrected chi connectivity index (χ0v) is 14.1. The summed E-state index contributed by atoms with van der Waals surface area (Å²) in [6.07, 6.45) is 1.03. The van der Waals surface area contributed by atoms with Gasteiger partial charge in [0.1, 0.15) is 6.10 Å². The Labute approximate surface area is 146 Å². The molecule has 3 atom stereocenters. The van der Waals surface area contributed by atoms with Crippen LogP contribution in [0.15, 0.2) is 24.3 Å². The van der Waals surface area contributed by atoms with E-state index in [0.29, 0.717) is 18.5 Å². The van der Waals surface area contributed by atoms with E-state index in [1.807, 2.05) is 12.1 Å².